The van der Waals surface area contributed by atoms with Gasteiger partial charge in [-0.15, -0.1) is 0 Å². The van der Waals surface area contributed by atoms with E-state index in [-0.39, 0.29) is 5.95 Å². The Bertz CT molecular complexity index is 1210. The van der Waals surface area contributed by atoms with Gasteiger partial charge in [-0.2, -0.15) is 0 Å². The van der Waals surface area contributed by atoms with Gasteiger partial charge in [-0.3, -0.25) is 0 Å². The Morgan fingerprint density at radius 1 is 0.968 bits per heavy atom. The molecule has 158 valence electrons. The third-order valence-electron chi connectivity index (χ3n) is 4.68. The average Bonchev–Trinajstić information content (AvgIpc) is 3.16. The highest BCUT2D eigenvalue weighted by atomic mass is 79.9. The van der Waals surface area contributed by atoms with Crippen LogP contribution >= 0.6 is 15.9 Å². The molecule has 31 heavy (non-hydrogen) atoms. The zero-order chi connectivity index (χ0) is 21.8. The van der Waals surface area contributed by atoms with Crippen molar-refractivity contribution in [3.05, 3.63) is 76.8 Å². The van der Waals surface area contributed by atoms with Gasteiger partial charge in [-0.05, 0) is 45.8 Å². The number of benzene rings is 3. The molecule has 6 nitrogen and oxygen atoms in total. The number of furan rings is 1. The number of methoxy groups -OCH3 is 2. The van der Waals surface area contributed by atoms with E-state index in [1.165, 1.54) is 7.11 Å². The van der Waals surface area contributed by atoms with Gasteiger partial charge in [0.1, 0.15) is 23.7 Å². The molecule has 0 unspecified atom stereocenters. The SMILES string of the molecule is COC(=O)Oc1oc2ccccc2c1-c1cccc(Br)c1OCc1ccc(OC)cc1. The summed E-state index contributed by atoms with van der Waals surface area (Å²) in [4.78, 5) is 11.8. The largest absolute Gasteiger partial charge is 0.516 e. The van der Waals surface area contributed by atoms with Gasteiger partial charge in [0.2, 0.25) is 0 Å². The predicted octanol–water partition coefficient (Wildman–Crippen LogP) is 6.60. The van der Waals surface area contributed by atoms with Crippen LogP contribution in [-0.2, 0) is 11.3 Å². The van der Waals surface area contributed by atoms with Gasteiger partial charge >= 0.3 is 12.1 Å². The lowest BCUT2D eigenvalue weighted by Gasteiger charge is -2.14. The molecule has 7 heteroatoms. The number of halogens is 1. The first-order valence-corrected chi connectivity index (χ1v) is 10.2. The lowest BCUT2D eigenvalue weighted by molar-refractivity contribution is 0.112. The zero-order valence-corrected chi connectivity index (χ0v) is 18.5. The van der Waals surface area contributed by atoms with E-state index in [0.29, 0.717) is 29.1 Å². The van der Waals surface area contributed by atoms with Crippen molar-refractivity contribution in [1.82, 2.24) is 0 Å². The summed E-state index contributed by atoms with van der Waals surface area (Å²) in [7, 11) is 2.87. The van der Waals surface area contributed by atoms with Crippen LogP contribution in [0.3, 0.4) is 0 Å². The summed E-state index contributed by atoms with van der Waals surface area (Å²) < 4.78 is 27.9. The first-order valence-electron chi connectivity index (χ1n) is 9.42. The Hall–Kier alpha value is -3.45. The van der Waals surface area contributed by atoms with Crippen LogP contribution in [0.25, 0.3) is 22.1 Å². The standard InChI is InChI=1S/C24H19BrO6/c1-27-16-12-10-15(11-13-16)14-29-22-18(7-5-8-19(22)25)21-17-6-3-4-9-20(17)30-23(21)31-24(26)28-2/h3-13H,14H2,1-2H3. The molecule has 4 aromatic rings. The van der Waals surface area contributed by atoms with E-state index >= 15 is 0 Å². The maximum atomic E-state index is 11.8. The molecule has 0 aliphatic rings. The molecule has 0 bridgehead atoms. The van der Waals surface area contributed by atoms with Crippen LogP contribution in [-0.4, -0.2) is 20.4 Å². The van der Waals surface area contributed by atoms with Crippen LogP contribution in [0.4, 0.5) is 4.79 Å². The number of hydrogen-bond acceptors (Lipinski definition) is 6. The number of hydrogen-bond donors (Lipinski definition) is 0. The smallest absolute Gasteiger partial charge is 0.497 e. The Balaban J connectivity index is 1.76. The fourth-order valence-corrected chi connectivity index (χ4v) is 3.68. The predicted molar refractivity (Wildman–Crippen MR) is 120 cm³/mol. The molecule has 0 aliphatic heterocycles. The highest BCUT2D eigenvalue weighted by Crippen LogP contribution is 2.46. The van der Waals surface area contributed by atoms with Crippen molar-refractivity contribution in [3.8, 4) is 28.6 Å². The van der Waals surface area contributed by atoms with Crippen LogP contribution in [0, 0.1) is 0 Å². The summed E-state index contributed by atoms with van der Waals surface area (Å²) in [5.41, 5.74) is 2.88. The summed E-state index contributed by atoms with van der Waals surface area (Å²) in [6.07, 6.45) is -0.865. The summed E-state index contributed by atoms with van der Waals surface area (Å²) in [6.45, 7) is 0.336. The molecule has 0 aliphatic carbocycles. The van der Waals surface area contributed by atoms with Crippen molar-refractivity contribution in [3.63, 3.8) is 0 Å². The fraction of sp³-hybridized carbons (Fsp3) is 0.125. The van der Waals surface area contributed by atoms with Crippen LogP contribution in [0.15, 0.2) is 75.6 Å². The van der Waals surface area contributed by atoms with E-state index in [4.69, 9.17) is 18.6 Å². The maximum absolute atomic E-state index is 11.8. The second-order valence-corrected chi connectivity index (χ2v) is 7.42. The quantitative estimate of drug-likeness (QED) is 0.288. The molecule has 4 rings (SSSR count). The van der Waals surface area contributed by atoms with Gasteiger partial charge < -0.3 is 23.4 Å². The van der Waals surface area contributed by atoms with Crippen LogP contribution in [0.5, 0.6) is 17.4 Å². The zero-order valence-electron chi connectivity index (χ0n) is 16.9. The summed E-state index contributed by atoms with van der Waals surface area (Å²) >= 11 is 3.57. The molecular weight excluding hydrogens is 464 g/mol. The molecule has 0 saturated carbocycles. The number of ether oxygens (including phenoxy) is 4. The number of carbonyl (C=O) groups is 1. The normalized spacial score (nSPS) is 10.7. The lowest BCUT2D eigenvalue weighted by atomic mass is 10.0. The minimum atomic E-state index is -0.865. The fourth-order valence-electron chi connectivity index (χ4n) is 3.20. The van der Waals surface area contributed by atoms with Gasteiger partial charge in [-0.25, -0.2) is 4.79 Å². The lowest BCUT2D eigenvalue weighted by Crippen LogP contribution is -2.07. The number of fused-ring (bicyclic) bond motifs is 1. The molecule has 0 fully saturated rings. The van der Waals surface area contributed by atoms with E-state index < -0.39 is 6.16 Å². The maximum Gasteiger partial charge on any atom is 0.516 e. The van der Waals surface area contributed by atoms with E-state index in [2.05, 4.69) is 20.7 Å². The average molecular weight is 483 g/mol. The molecule has 0 amide bonds. The molecule has 0 spiro atoms. The summed E-state index contributed by atoms with van der Waals surface area (Å²) in [6, 6.07) is 20.7. The van der Waals surface area contributed by atoms with E-state index in [1.807, 2.05) is 60.7 Å². The molecular formula is C24H19BrO6. The van der Waals surface area contributed by atoms with Crippen LogP contribution in [0.2, 0.25) is 0 Å². The summed E-state index contributed by atoms with van der Waals surface area (Å²) in [5, 5.41) is 0.786. The minimum absolute atomic E-state index is 0.0421. The van der Waals surface area contributed by atoms with E-state index in [1.54, 1.807) is 13.2 Å². The topological polar surface area (TPSA) is 67.1 Å². The van der Waals surface area contributed by atoms with Gasteiger partial charge in [0.25, 0.3) is 0 Å². The molecule has 1 aromatic heterocycles. The third kappa shape index (κ3) is 4.36. The van der Waals surface area contributed by atoms with Gasteiger partial charge in [0.05, 0.1) is 24.3 Å². The first kappa shape index (κ1) is 20.8. The van der Waals surface area contributed by atoms with Crippen LogP contribution in [0.1, 0.15) is 5.56 Å². The third-order valence-corrected chi connectivity index (χ3v) is 5.31. The Kier molecular flexibility index (Phi) is 6.13. The first-order chi connectivity index (χ1) is 15.1. The number of para-hydroxylation sites is 2. The Morgan fingerprint density at radius 2 is 1.74 bits per heavy atom. The molecule has 1 heterocycles. The number of rotatable bonds is 6. The van der Waals surface area contributed by atoms with E-state index in [0.717, 1.165) is 21.2 Å². The number of carbonyl (C=O) groups excluding carboxylic acids is 1. The van der Waals surface area contributed by atoms with Crippen molar-refractivity contribution in [2.24, 2.45) is 0 Å². The highest BCUT2D eigenvalue weighted by Gasteiger charge is 2.24. The highest BCUT2D eigenvalue weighted by molar-refractivity contribution is 9.10. The van der Waals surface area contributed by atoms with E-state index in [9.17, 15) is 4.79 Å². The van der Waals surface area contributed by atoms with Gasteiger partial charge in [0, 0.05) is 10.9 Å². The molecule has 0 saturated heterocycles. The van der Waals surface area contributed by atoms with Gasteiger partial charge in [0.15, 0.2) is 0 Å². The minimum Gasteiger partial charge on any atom is -0.497 e. The van der Waals surface area contributed by atoms with Crippen molar-refractivity contribution >= 4 is 33.1 Å². The summed E-state index contributed by atoms with van der Waals surface area (Å²) in [5.74, 6) is 1.42. The van der Waals surface area contributed by atoms with Crippen molar-refractivity contribution < 1.29 is 28.2 Å². The Labute approximate surface area is 187 Å². The molecule has 0 atom stereocenters. The monoisotopic (exact) mass is 482 g/mol. The van der Waals surface area contributed by atoms with Crippen molar-refractivity contribution in [2.75, 3.05) is 14.2 Å². The molecule has 3 aromatic carbocycles. The van der Waals surface area contributed by atoms with Crippen molar-refractivity contribution in [1.29, 1.82) is 0 Å². The van der Waals surface area contributed by atoms with Gasteiger partial charge in [-0.1, -0.05) is 42.5 Å². The van der Waals surface area contributed by atoms with Crippen molar-refractivity contribution in [2.45, 2.75) is 6.61 Å². The Morgan fingerprint density at radius 3 is 2.48 bits per heavy atom. The second kappa shape index (κ2) is 9.14. The molecule has 0 radical (unpaired) electrons. The second-order valence-electron chi connectivity index (χ2n) is 6.57. The molecule has 0 N–H and O–H groups in total. The van der Waals surface area contributed by atoms with Crippen LogP contribution < -0.4 is 14.2 Å².